The highest BCUT2D eigenvalue weighted by Crippen LogP contribution is 2.57. The van der Waals surface area contributed by atoms with Crippen LogP contribution in [0.4, 0.5) is 0 Å². The van der Waals surface area contributed by atoms with Crippen molar-refractivity contribution in [3.63, 3.8) is 0 Å². The Balaban J connectivity index is 2.33. The van der Waals surface area contributed by atoms with E-state index in [-0.39, 0.29) is 6.61 Å². The van der Waals surface area contributed by atoms with Crippen molar-refractivity contribution < 1.29 is 14.6 Å². The number of carbonyl (C=O) groups is 1. The molecule has 0 saturated heterocycles. The highest BCUT2D eigenvalue weighted by Gasteiger charge is 2.43. The van der Waals surface area contributed by atoms with Gasteiger partial charge in [0, 0.05) is 5.76 Å². The summed E-state index contributed by atoms with van der Waals surface area (Å²) in [6, 6.07) is 29.7. The fraction of sp³-hybridized carbons (Fsp3) is 0.0870. The fourth-order valence-corrected chi connectivity index (χ4v) is 6.82. The van der Waals surface area contributed by atoms with Crippen LogP contribution < -0.4 is 21.0 Å². The van der Waals surface area contributed by atoms with Gasteiger partial charge in [0.05, 0.1) is 12.4 Å². The Labute approximate surface area is 160 Å². The van der Waals surface area contributed by atoms with E-state index >= 15 is 0 Å². The van der Waals surface area contributed by atoms with Crippen LogP contribution in [0.5, 0.6) is 0 Å². The quantitative estimate of drug-likeness (QED) is 0.288. The molecule has 136 valence electrons. The molecule has 0 heterocycles. The lowest BCUT2D eigenvalue weighted by Crippen LogP contribution is -2.31. The third kappa shape index (κ3) is 3.94. The minimum Gasteiger partial charge on any atom is -0.865 e. The Morgan fingerprint density at radius 2 is 1.19 bits per heavy atom. The largest absolute Gasteiger partial charge is 0.865 e. The summed E-state index contributed by atoms with van der Waals surface area (Å²) in [6.07, 6.45) is 0. The van der Waals surface area contributed by atoms with Crippen molar-refractivity contribution in [1.29, 1.82) is 0 Å². The molecule has 4 heteroatoms. The van der Waals surface area contributed by atoms with Gasteiger partial charge < -0.3 is 9.84 Å². The van der Waals surface area contributed by atoms with Crippen LogP contribution in [0.15, 0.2) is 103 Å². The van der Waals surface area contributed by atoms with E-state index in [0.29, 0.717) is 0 Å². The highest BCUT2D eigenvalue weighted by atomic mass is 31.2. The van der Waals surface area contributed by atoms with Crippen LogP contribution in [0, 0.1) is 0 Å². The summed E-state index contributed by atoms with van der Waals surface area (Å²) in [7, 11) is -2.46. The van der Waals surface area contributed by atoms with Gasteiger partial charge in [0.2, 0.25) is 0 Å². The first-order valence-electron chi connectivity index (χ1n) is 8.81. The van der Waals surface area contributed by atoms with Crippen molar-refractivity contribution in [2.75, 3.05) is 6.61 Å². The van der Waals surface area contributed by atoms with Crippen molar-refractivity contribution in [3.8, 4) is 0 Å². The molecule has 0 radical (unpaired) electrons. The number of carbonyl (C=O) groups excluding carboxylic acids is 1. The zero-order valence-electron chi connectivity index (χ0n) is 15.1. The maximum atomic E-state index is 12.8. The molecule has 27 heavy (non-hydrogen) atoms. The van der Waals surface area contributed by atoms with Crippen molar-refractivity contribution in [1.82, 2.24) is 0 Å². The van der Waals surface area contributed by atoms with Crippen LogP contribution in [-0.2, 0) is 9.53 Å². The highest BCUT2D eigenvalue weighted by molar-refractivity contribution is 7.98. The predicted molar refractivity (Wildman–Crippen MR) is 110 cm³/mol. The first-order chi connectivity index (χ1) is 13.2. The summed E-state index contributed by atoms with van der Waals surface area (Å²) < 4.78 is 4.96. The summed E-state index contributed by atoms with van der Waals surface area (Å²) >= 11 is 0. The molecular weight excluding hydrogens is 355 g/mol. The second-order valence-corrected chi connectivity index (χ2v) is 9.20. The Morgan fingerprint density at radius 1 is 0.815 bits per heavy atom. The van der Waals surface area contributed by atoms with Gasteiger partial charge in [0.1, 0.15) is 23.2 Å². The summed E-state index contributed by atoms with van der Waals surface area (Å²) in [5, 5.41) is 15.8. The molecule has 0 fully saturated rings. The van der Waals surface area contributed by atoms with Gasteiger partial charge in [-0.1, -0.05) is 54.6 Å². The summed E-state index contributed by atoms with van der Waals surface area (Å²) in [4.78, 5) is 12.1. The second-order valence-electron chi connectivity index (χ2n) is 5.94. The number of benzene rings is 3. The number of esters is 1. The summed E-state index contributed by atoms with van der Waals surface area (Å²) in [6.45, 7) is 1.87. The van der Waals surface area contributed by atoms with Gasteiger partial charge in [0.15, 0.2) is 0 Å². The van der Waals surface area contributed by atoms with Gasteiger partial charge in [-0.2, -0.15) is 0 Å². The lowest BCUT2D eigenvalue weighted by atomic mass is 10.4. The lowest BCUT2D eigenvalue weighted by Gasteiger charge is -2.26. The third-order valence-corrected chi connectivity index (χ3v) is 8.24. The molecule has 0 N–H and O–H groups in total. The van der Waals surface area contributed by atoms with E-state index in [0.717, 1.165) is 15.9 Å². The number of rotatable bonds is 6. The average molecular weight is 376 g/mol. The van der Waals surface area contributed by atoms with Gasteiger partial charge in [-0.05, 0) is 43.3 Å². The Morgan fingerprint density at radius 3 is 1.52 bits per heavy atom. The molecule has 3 aromatic rings. The first kappa shape index (κ1) is 18.9. The summed E-state index contributed by atoms with van der Waals surface area (Å²) in [5.41, 5.74) is 0. The number of ether oxygens (including phenoxy) is 1. The number of hydrogen-bond acceptors (Lipinski definition) is 3. The lowest BCUT2D eigenvalue weighted by molar-refractivity contribution is -0.303. The molecule has 0 saturated carbocycles. The average Bonchev–Trinajstić information content (AvgIpc) is 2.74. The van der Waals surface area contributed by atoms with Crippen molar-refractivity contribution in [2.45, 2.75) is 6.92 Å². The van der Waals surface area contributed by atoms with Crippen molar-refractivity contribution in [2.24, 2.45) is 0 Å². The molecule has 0 amide bonds. The molecule has 0 bridgehead atoms. The minimum absolute atomic E-state index is 0.172. The smallest absolute Gasteiger partial charge is 0.326 e. The minimum atomic E-state index is -2.46. The van der Waals surface area contributed by atoms with Crippen LogP contribution >= 0.6 is 7.26 Å². The Bertz CT molecular complexity index is 809. The molecule has 0 aromatic heterocycles. The van der Waals surface area contributed by atoms with E-state index in [1.807, 2.05) is 91.0 Å². The molecule has 0 aliphatic rings. The van der Waals surface area contributed by atoms with Gasteiger partial charge >= 0.3 is 5.97 Å². The molecule has 0 aliphatic heterocycles. The van der Waals surface area contributed by atoms with Crippen LogP contribution in [0.1, 0.15) is 6.92 Å². The van der Waals surface area contributed by atoms with Crippen LogP contribution in [0.2, 0.25) is 0 Å². The van der Waals surface area contributed by atoms with Crippen LogP contribution in [-0.4, -0.2) is 12.6 Å². The van der Waals surface area contributed by atoms with E-state index in [4.69, 9.17) is 4.74 Å². The zero-order valence-corrected chi connectivity index (χ0v) is 16.0. The number of hydrogen-bond donors (Lipinski definition) is 0. The summed E-state index contributed by atoms with van der Waals surface area (Å²) in [5.74, 6) is 0.164. The standard InChI is InChI=1S/C23H21O3P/c1-2-26-23(25)22(24)18-27(19-12-6-3-7-13-19,20-14-8-4-9-15-20)21-16-10-5-11-17-21/h3-18H,2H2,1H3/b22-18-. The van der Waals surface area contributed by atoms with E-state index in [9.17, 15) is 9.90 Å². The van der Waals surface area contributed by atoms with E-state index in [2.05, 4.69) is 0 Å². The first-order valence-corrected chi connectivity index (χ1v) is 10.7. The normalized spacial score (nSPS) is 11.8. The maximum Gasteiger partial charge on any atom is 0.326 e. The molecule has 0 spiro atoms. The Hall–Kier alpha value is -2.90. The molecule has 3 nitrogen and oxygen atoms in total. The molecule has 3 aromatic carbocycles. The molecule has 0 aliphatic carbocycles. The van der Waals surface area contributed by atoms with Gasteiger partial charge in [0.25, 0.3) is 0 Å². The van der Waals surface area contributed by atoms with Crippen molar-refractivity contribution in [3.05, 3.63) is 103 Å². The van der Waals surface area contributed by atoms with Gasteiger partial charge in [-0.3, -0.25) is 0 Å². The third-order valence-electron chi connectivity index (χ3n) is 4.28. The Kier molecular flexibility index (Phi) is 6.05. The molecule has 0 unspecified atom stereocenters. The molecule has 0 atom stereocenters. The molecular formula is C23H21O3P. The molecule has 3 rings (SSSR count). The van der Waals surface area contributed by atoms with Crippen LogP contribution in [0.3, 0.4) is 0 Å². The SMILES string of the molecule is CCOC(=O)/C([O-])=C/[P+](c1ccccc1)(c1ccccc1)c1ccccc1. The fourth-order valence-electron chi connectivity index (χ4n) is 3.09. The van der Waals surface area contributed by atoms with Gasteiger partial charge in [-0.15, -0.1) is 0 Å². The maximum absolute atomic E-state index is 12.8. The monoisotopic (exact) mass is 376 g/mol. The van der Waals surface area contributed by atoms with Crippen LogP contribution in [0.25, 0.3) is 0 Å². The topological polar surface area (TPSA) is 49.4 Å². The van der Waals surface area contributed by atoms with E-state index in [1.54, 1.807) is 12.7 Å². The van der Waals surface area contributed by atoms with Crippen molar-refractivity contribution >= 4 is 29.1 Å². The van der Waals surface area contributed by atoms with E-state index in [1.165, 1.54) is 0 Å². The van der Waals surface area contributed by atoms with Gasteiger partial charge in [-0.25, -0.2) is 4.79 Å². The predicted octanol–water partition coefficient (Wildman–Crippen LogP) is 2.75. The second kappa shape index (κ2) is 8.66. The van der Waals surface area contributed by atoms with E-state index < -0.39 is 19.0 Å². The zero-order chi connectivity index (χ0) is 19.1.